The standard InChI is InChI=1S/C22H17ClN2O5/c1-14-18(22(23)25(24-14)16-5-3-2-4-6-16)12-29-21(27)13-28-17-9-7-15-8-10-20(26)30-19(15)11-17/h2-11H,12-13H2,1H3. The van der Waals surface area contributed by atoms with E-state index in [1.807, 2.05) is 30.3 Å². The van der Waals surface area contributed by atoms with Crippen LogP contribution >= 0.6 is 11.6 Å². The molecular formula is C22H17ClN2O5. The van der Waals surface area contributed by atoms with Crippen molar-refractivity contribution in [3.63, 3.8) is 0 Å². The Morgan fingerprint density at radius 2 is 1.90 bits per heavy atom. The lowest BCUT2D eigenvalue weighted by atomic mass is 10.2. The Kier molecular flexibility index (Phi) is 5.54. The highest BCUT2D eigenvalue weighted by atomic mass is 35.5. The highest BCUT2D eigenvalue weighted by molar-refractivity contribution is 6.30. The van der Waals surface area contributed by atoms with Gasteiger partial charge in [0.2, 0.25) is 0 Å². The predicted octanol–water partition coefficient (Wildman–Crippen LogP) is 4.06. The Labute approximate surface area is 176 Å². The molecule has 0 aliphatic carbocycles. The van der Waals surface area contributed by atoms with Crippen molar-refractivity contribution in [1.82, 2.24) is 9.78 Å². The molecule has 0 unspecified atom stereocenters. The van der Waals surface area contributed by atoms with Gasteiger partial charge < -0.3 is 13.9 Å². The highest BCUT2D eigenvalue weighted by Crippen LogP contribution is 2.24. The summed E-state index contributed by atoms with van der Waals surface area (Å²) < 4.78 is 17.4. The zero-order valence-corrected chi connectivity index (χ0v) is 16.8. The molecule has 0 saturated carbocycles. The summed E-state index contributed by atoms with van der Waals surface area (Å²) in [5, 5.41) is 5.55. The van der Waals surface area contributed by atoms with E-state index in [4.69, 9.17) is 25.5 Å². The molecule has 0 saturated heterocycles. The Morgan fingerprint density at radius 3 is 2.70 bits per heavy atom. The van der Waals surface area contributed by atoms with E-state index in [0.717, 1.165) is 11.1 Å². The number of carbonyl (C=O) groups excluding carboxylic acids is 1. The van der Waals surface area contributed by atoms with Crippen LogP contribution in [0.4, 0.5) is 0 Å². The van der Waals surface area contributed by atoms with E-state index in [0.29, 0.717) is 27.7 Å². The molecule has 0 amide bonds. The monoisotopic (exact) mass is 424 g/mol. The lowest BCUT2D eigenvalue weighted by Gasteiger charge is -2.08. The molecular weight excluding hydrogens is 408 g/mol. The van der Waals surface area contributed by atoms with Gasteiger partial charge >= 0.3 is 11.6 Å². The minimum absolute atomic E-state index is 0.0215. The summed E-state index contributed by atoms with van der Waals surface area (Å²) in [4.78, 5) is 23.4. The minimum Gasteiger partial charge on any atom is -0.482 e. The molecule has 8 heteroatoms. The van der Waals surface area contributed by atoms with Gasteiger partial charge in [0.1, 0.15) is 23.1 Å². The maximum absolute atomic E-state index is 12.1. The third-order valence-electron chi connectivity index (χ3n) is 4.45. The number of aromatic nitrogens is 2. The smallest absolute Gasteiger partial charge is 0.344 e. The zero-order chi connectivity index (χ0) is 21.1. The third-order valence-corrected chi connectivity index (χ3v) is 4.84. The van der Waals surface area contributed by atoms with Crippen LogP contribution < -0.4 is 10.4 Å². The van der Waals surface area contributed by atoms with Crippen LogP contribution in [0.5, 0.6) is 5.75 Å². The number of aryl methyl sites for hydroxylation is 1. The fourth-order valence-electron chi connectivity index (χ4n) is 2.90. The van der Waals surface area contributed by atoms with E-state index in [-0.39, 0.29) is 13.2 Å². The van der Waals surface area contributed by atoms with Gasteiger partial charge in [0.15, 0.2) is 6.61 Å². The van der Waals surface area contributed by atoms with Gasteiger partial charge in [0.05, 0.1) is 11.4 Å². The summed E-state index contributed by atoms with van der Waals surface area (Å²) in [6.45, 7) is 1.48. The van der Waals surface area contributed by atoms with Gasteiger partial charge in [-0.15, -0.1) is 0 Å². The Bertz CT molecular complexity index is 1260. The Balaban J connectivity index is 1.38. The number of para-hydroxylation sites is 1. The zero-order valence-electron chi connectivity index (χ0n) is 16.0. The van der Waals surface area contributed by atoms with Crippen LogP contribution in [0.3, 0.4) is 0 Å². The van der Waals surface area contributed by atoms with Crippen LogP contribution in [0.2, 0.25) is 5.15 Å². The quantitative estimate of drug-likeness (QED) is 0.343. The molecule has 2 aromatic carbocycles. The van der Waals surface area contributed by atoms with Crippen molar-refractivity contribution in [3.05, 3.63) is 87.5 Å². The summed E-state index contributed by atoms with van der Waals surface area (Å²) in [6.07, 6.45) is 0. The summed E-state index contributed by atoms with van der Waals surface area (Å²) in [5.74, 6) is -0.174. The maximum atomic E-state index is 12.1. The van der Waals surface area contributed by atoms with Gasteiger partial charge in [-0.05, 0) is 37.3 Å². The second-order valence-electron chi connectivity index (χ2n) is 6.51. The van der Waals surface area contributed by atoms with Gasteiger partial charge in [-0.25, -0.2) is 14.3 Å². The summed E-state index contributed by atoms with van der Waals surface area (Å²) in [7, 11) is 0. The first kappa shape index (κ1) is 19.7. The largest absolute Gasteiger partial charge is 0.482 e. The van der Waals surface area contributed by atoms with E-state index >= 15 is 0 Å². The molecule has 4 aromatic rings. The van der Waals surface area contributed by atoms with Crippen molar-refractivity contribution in [3.8, 4) is 11.4 Å². The summed E-state index contributed by atoms with van der Waals surface area (Å²) in [6, 6.07) is 17.4. The molecule has 0 bridgehead atoms. The minimum atomic E-state index is -0.562. The Morgan fingerprint density at radius 1 is 1.13 bits per heavy atom. The molecule has 152 valence electrons. The topological polar surface area (TPSA) is 83.6 Å². The highest BCUT2D eigenvalue weighted by Gasteiger charge is 2.16. The molecule has 0 atom stereocenters. The Hall–Kier alpha value is -3.58. The average molecular weight is 425 g/mol. The molecule has 0 spiro atoms. The van der Waals surface area contributed by atoms with Crippen molar-refractivity contribution in [1.29, 1.82) is 0 Å². The predicted molar refractivity (Wildman–Crippen MR) is 111 cm³/mol. The van der Waals surface area contributed by atoms with Crippen LogP contribution in [-0.2, 0) is 16.1 Å². The number of ether oxygens (including phenoxy) is 2. The normalized spacial score (nSPS) is 10.9. The number of hydrogen-bond acceptors (Lipinski definition) is 6. The molecule has 2 aromatic heterocycles. The molecule has 0 aliphatic heterocycles. The number of benzene rings is 2. The van der Waals surface area contributed by atoms with Crippen molar-refractivity contribution >= 4 is 28.5 Å². The van der Waals surface area contributed by atoms with E-state index in [9.17, 15) is 9.59 Å². The molecule has 30 heavy (non-hydrogen) atoms. The van der Waals surface area contributed by atoms with Crippen molar-refractivity contribution < 1.29 is 18.7 Å². The average Bonchev–Trinajstić information content (AvgIpc) is 3.04. The first-order valence-electron chi connectivity index (χ1n) is 9.13. The first-order valence-corrected chi connectivity index (χ1v) is 9.51. The number of rotatable bonds is 6. The lowest BCUT2D eigenvalue weighted by Crippen LogP contribution is -2.15. The number of fused-ring (bicyclic) bond motifs is 1. The van der Waals surface area contributed by atoms with Crippen LogP contribution in [0, 0.1) is 6.92 Å². The number of nitrogens with zero attached hydrogens (tertiary/aromatic N) is 2. The van der Waals surface area contributed by atoms with E-state index in [1.165, 1.54) is 6.07 Å². The van der Waals surface area contributed by atoms with Crippen LogP contribution in [0.1, 0.15) is 11.3 Å². The van der Waals surface area contributed by atoms with Crippen LogP contribution in [-0.4, -0.2) is 22.4 Å². The van der Waals surface area contributed by atoms with Crippen LogP contribution in [0.25, 0.3) is 16.7 Å². The molecule has 0 aliphatic rings. The third kappa shape index (κ3) is 4.21. The molecule has 2 heterocycles. The molecule has 4 rings (SSSR count). The van der Waals surface area contributed by atoms with Gasteiger partial charge in [0, 0.05) is 23.1 Å². The maximum Gasteiger partial charge on any atom is 0.344 e. The number of esters is 1. The van der Waals surface area contributed by atoms with Crippen LogP contribution in [0.15, 0.2) is 69.9 Å². The summed E-state index contributed by atoms with van der Waals surface area (Å²) in [5.41, 5.74) is 2.03. The van der Waals surface area contributed by atoms with Gasteiger partial charge in [0.25, 0.3) is 0 Å². The van der Waals surface area contributed by atoms with Gasteiger partial charge in [-0.2, -0.15) is 5.10 Å². The second-order valence-corrected chi connectivity index (χ2v) is 6.86. The van der Waals surface area contributed by atoms with E-state index in [1.54, 1.807) is 35.9 Å². The molecule has 0 radical (unpaired) electrons. The van der Waals surface area contributed by atoms with Gasteiger partial charge in [-0.1, -0.05) is 29.8 Å². The first-order chi connectivity index (χ1) is 14.5. The molecule has 0 N–H and O–H groups in total. The molecule has 7 nitrogen and oxygen atoms in total. The van der Waals surface area contributed by atoms with Crippen molar-refractivity contribution in [2.45, 2.75) is 13.5 Å². The SMILES string of the molecule is Cc1nn(-c2ccccc2)c(Cl)c1COC(=O)COc1ccc2ccc(=O)oc2c1. The van der Waals surface area contributed by atoms with E-state index < -0.39 is 11.6 Å². The number of carbonyl (C=O) groups is 1. The second kappa shape index (κ2) is 8.42. The lowest BCUT2D eigenvalue weighted by molar-refractivity contribution is -0.147. The summed E-state index contributed by atoms with van der Waals surface area (Å²) >= 11 is 6.43. The van der Waals surface area contributed by atoms with Crippen molar-refractivity contribution in [2.24, 2.45) is 0 Å². The fourth-order valence-corrected chi connectivity index (χ4v) is 3.23. The molecule has 0 fully saturated rings. The number of hydrogen-bond donors (Lipinski definition) is 0. The fraction of sp³-hybridized carbons (Fsp3) is 0.136. The van der Waals surface area contributed by atoms with Crippen molar-refractivity contribution in [2.75, 3.05) is 6.61 Å². The van der Waals surface area contributed by atoms with Gasteiger partial charge in [-0.3, -0.25) is 0 Å². The number of halogens is 1. The van der Waals surface area contributed by atoms with E-state index in [2.05, 4.69) is 5.10 Å².